The lowest BCUT2D eigenvalue weighted by Crippen LogP contribution is -2.04. The number of carbonyl (C=O) groups excluding carboxylic acids is 2. The van der Waals surface area contributed by atoms with Crippen molar-refractivity contribution in [1.82, 2.24) is 0 Å². The van der Waals surface area contributed by atoms with Gasteiger partial charge in [-0.3, -0.25) is 0 Å². The van der Waals surface area contributed by atoms with Crippen molar-refractivity contribution in [3.8, 4) is 0 Å². The highest BCUT2D eigenvalue weighted by atomic mass is 16.6. The molecule has 1 aromatic carbocycles. The van der Waals surface area contributed by atoms with E-state index < -0.39 is 11.9 Å². The highest BCUT2D eigenvalue weighted by Gasteiger charge is 2.34. The van der Waals surface area contributed by atoms with Crippen molar-refractivity contribution >= 4 is 11.9 Å². The fourth-order valence-electron chi connectivity index (χ4n) is 2.01. The van der Waals surface area contributed by atoms with Gasteiger partial charge in [0.2, 0.25) is 0 Å². The van der Waals surface area contributed by atoms with Gasteiger partial charge in [-0.2, -0.15) is 0 Å². The third-order valence-corrected chi connectivity index (χ3v) is 3.28. The molecule has 0 bridgehead atoms. The number of benzene rings is 1. The number of cyclic esters (lactones) is 2. The van der Waals surface area contributed by atoms with Crippen molar-refractivity contribution in [3.63, 3.8) is 0 Å². The van der Waals surface area contributed by atoms with E-state index >= 15 is 0 Å². The topological polar surface area (TPSA) is 43.4 Å². The van der Waals surface area contributed by atoms with Crippen LogP contribution in [0.3, 0.4) is 0 Å². The molecule has 0 radical (unpaired) electrons. The molecule has 1 heterocycles. The Hall–Kier alpha value is -1.64. The SMILES string of the molecule is Cc1c(C)c(C)c2c(c1C)C(=O)OC2=O. The van der Waals surface area contributed by atoms with E-state index in [0.717, 1.165) is 22.3 Å². The molecule has 78 valence electrons. The molecular formula is C12H12O3. The number of rotatable bonds is 0. The molecular weight excluding hydrogens is 192 g/mol. The zero-order valence-electron chi connectivity index (χ0n) is 9.22. The summed E-state index contributed by atoms with van der Waals surface area (Å²) in [6.45, 7) is 7.60. The standard InChI is InChI=1S/C12H12O3/c1-5-6(2)8(4)10-9(7(5)3)11(13)15-12(10)14/h1-4H3. The van der Waals surface area contributed by atoms with Crippen molar-refractivity contribution in [2.24, 2.45) is 0 Å². The quantitative estimate of drug-likeness (QED) is 0.480. The number of fused-ring (bicyclic) bond motifs is 1. The van der Waals surface area contributed by atoms with Gasteiger partial charge in [-0.25, -0.2) is 9.59 Å². The Labute approximate surface area is 88.1 Å². The van der Waals surface area contributed by atoms with Crippen LogP contribution in [0.15, 0.2) is 0 Å². The first kappa shape index (κ1) is 9.90. The average molecular weight is 204 g/mol. The molecule has 3 heteroatoms. The fourth-order valence-corrected chi connectivity index (χ4v) is 2.01. The highest BCUT2D eigenvalue weighted by Crippen LogP contribution is 2.31. The van der Waals surface area contributed by atoms with Gasteiger partial charge in [0.15, 0.2) is 0 Å². The largest absolute Gasteiger partial charge is 0.386 e. The zero-order chi connectivity index (χ0) is 11.3. The van der Waals surface area contributed by atoms with E-state index in [2.05, 4.69) is 4.74 Å². The molecule has 1 aliphatic rings. The molecule has 0 atom stereocenters. The van der Waals surface area contributed by atoms with Crippen molar-refractivity contribution in [2.75, 3.05) is 0 Å². The minimum absolute atomic E-state index is 0.445. The Morgan fingerprint density at radius 1 is 0.667 bits per heavy atom. The average Bonchev–Trinajstić information content (AvgIpc) is 2.47. The summed E-state index contributed by atoms with van der Waals surface area (Å²) in [7, 11) is 0. The van der Waals surface area contributed by atoms with Crippen molar-refractivity contribution in [2.45, 2.75) is 27.7 Å². The molecule has 1 aliphatic heterocycles. The van der Waals surface area contributed by atoms with Crippen LogP contribution in [-0.4, -0.2) is 11.9 Å². The molecule has 0 unspecified atom stereocenters. The summed E-state index contributed by atoms with van der Waals surface area (Å²) in [5.74, 6) is -1.03. The lowest BCUT2D eigenvalue weighted by Gasteiger charge is -2.11. The zero-order valence-corrected chi connectivity index (χ0v) is 9.22. The molecule has 15 heavy (non-hydrogen) atoms. The van der Waals surface area contributed by atoms with Crippen LogP contribution >= 0.6 is 0 Å². The monoisotopic (exact) mass is 204 g/mol. The van der Waals surface area contributed by atoms with Crippen LogP contribution < -0.4 is 0 Å². The first-order chi connectivity index (χ1) is 6.95. The van der Waals surface area contributed by atoms with E-state index in [4.69, 9.17) is 0 Å². The van der Waals surface area contributed by atoms with Gasteiger partial charge in [0, 0.05) is 0 Å². The normalized spacial score (nSPS) is 14.1. The molecule has 0 aliphatic carbocycles. The minimum atomic E-state index is -0.515. The Morgan fingerprint density at radius 2 is 1.00 bits per heavy atom. The van der Waals surface area contributed by atoms with Crippen molar-refractivity contribution in [3.05, 3.63) is 33.4 Å². The van der Waals surface area contributed by atoms with Gasteiger partial charge in [-0.05, 0) is 49.9 Å². The minimum Gasteiger partial charge on any atom is -0.386 e. The van der Waals surface area contributed by atoms with Crippen LogP contribution in [0.1, 0.15) is 43.0 Å². The molecule has 0 saturated heterocycles. The predicted molar refractivity (Wildman–Crippen MR) is 55.1 cm³/mol. The molecule has 2 rings (SSSR count). The second-order valence-corrected chi connectivity index (χ2v) is 3.93. The summed E-state index contributed by atoms with van der Waals surface area (Å²) in [4.78, 5) is 22.9. The van der Waals surface area contributed by atoms with E-state index in [1.54, 1.807) is 0 Å². The Kier molecular flexibility index (Phi) is 1.93. The smallest absolute Gasteiger partial charge is 0.347 e. The lowest BCUT2D eigenvalue weighted by atomic mass is 9.90. The molecule has 0 N–H and O–H groups in total. The van der Waals surface area contributed by atoms with Gasteiger partial charge in [-0.15, -0.1) is 0 Å². The Bertz CT molecular complexity index is 453. The summed E-state index contributed by atoms with van der Waals surface area (Å²) in [6, 6.07) is 0. The van der Waals surface area contributed by atoms with Crippen molar-refractivity contribution in [1.29, 1.82) is 0 Å². The van der Waals surface area contributed by atoms with Gasteiger partial charge < -0.3 is 4.74 Å². The number of hydrogen-bond donors (Lipinski definition) is 0. The maximum atomic E-state index is 11.5. The van der Waals surface area contributed by atoms with Gasteiger partial charge in [0.25, 0.3) is 0 Å². The number of carbonyl (C=O) groups is 2. The maximum Gasteiger partial charge on any atom is 0.347 e. The Morgan fingerprint density at radius 3 is 1.33 bits per heavy atom. The Balaban J connectivity index is 2.92. The molecule has 0 saturated carbocycles. The highest BCUT2D eigenvalue weighted by molar-refractivity contribution is 6.16. The van der Waals surface area contributed by atoms with E-state index in [0.29, 0.717) is 11.1 Å². The molecule has 0 spiro atoms. The number of esters is 2. The van der Waals surface area contributed by atoms with E-state index in [-0.39, 0.29) is 0 Å². The number of hydrogen-bond acceptors (Lipinski definition) is 3. The van der Waals surface area contributed by atoms with Gasteiger partial charge in [0.1, 0.15) is 0 Å². The van der Waals surface area contributed by atoms with E-state index in [1.165, 1.54) is 0 Å². The molecule has 0 aromatic heterocycles. The van der Waals surface area contributed by atoms with E-state index in [9.17, 15) is 9.59 Å². The molecule has 0 amide bonds. The third-order valence-electron chi connectivity index (χ3n) is 3.28. The van der Waals surface area contributed by atoms with Crippen LogP contribution in [-0.2, 0) is 4.74 Å². The predicted octanol–water partition coefficient (Wildman–Crippen LogP) is 2.23. The van der Waals surface area contributed by atoms with Crippen LogP contribution in [0.25, 0.3) is 0 Å². The molecule has 1 aromatic rings. The van der Waals surface area contributed by atoms with E-state index in [1.807, 2.05) is 27.7 Å². The summed E-state index contributed by atoms with van der Waals surface area (Å²) < 4.78 is 4.63. The van der Waals surface area contributed by atoms with Crippen LogP contribution in [0.2, 0.25) is 0 Å². The molecule has 0 fully saturated rings. The lowest BCUT2D eigenvalue weighted by molar-refractivity contribution is 0.0443. The summed E-state index contributed by atoms with van der Waals surface area (Å²) in [6.07, 6.45) is 0. The first-order valence-electron chi connectivity index (χ1n) is 4.82. The van der Waals surface area contributed by atoms with Gasteiger partial charge >= 0.3 is 11.9 Å². The summed E-state index contributed by atoms with van der Waals surface area (Å²) in [5.41, 5.74) is 4.70. The first-order valence-corrected chi connectivity index (χ1v) is 4.82. The summed E-state index contributed by atoms with van der Waals surface area (Å²) >= 11 is 0. The maximum absolute atomic E-state index is 11.5. The molecule has 3 nitrogen and oxygen atoms in total. The fraction of sp³-hybridized carbons (Fsp3) is 0.333. The second-order valence-electron chi connectivity index (χ2n) is 3.93. The van der Waals surface area contributed by atoms with Crippen LogP contribution in [0.5, 0.6) is 0 Å². The van der Waals surface area contributed by atoms with Gasteiger partial charge in [0.05, 0.1) is 11.1 Å². The van der Waals surface area contributed by atoms with Gasteiger partial charge in [-0.1, -0.05) is 0 Å². The van der Waals surface area contributed by atoms with Crippen LogP contribution in [0.4, 0.5) is 0 Å². The van der Waals surface area contributed by atoms with Crippen molar-refractivity contribution < 1.29 is 14.3 Å². The summed E-state index contributed by atoms with van der Waals surface area (Å²) in [5, 5.41) is 0. The third kappa shape index (κ3) is 1.12. The van der Waals surface area contributed by atoms with Crippen LogP contribution in [0, 0.1) is 27.7 Å². The number of ether oxygens (including phenoxy) is 1. The second kappa shape index (κ2) is 2.92.